The molecule has 0 aliphatic rings. The number of rotatable bonds is 9. The Morgan fingerprint density at radius 3 is 2.85 bits per heavy atom. The van der Waals surface area contributed by atoms with E-state index in [1.54, 1.807) is 31.4 Å². The van der Waals surface area contributed by atoms with Gasteiger partial charge in [0.2, 0.25) is 5.91 Å². The molecule has 0 unspecified atom stereocenters. The van der Waals surface area contributed by atoms with Crippen LogP contribution in [0.4, 0.5) is 5.69 Å². The molecule has 112 valence electrons. The first-order valence-corrected chi connectivity index (χ1v) is 6.91. The number of ether oxygens (including phenoxy) is 1. The summed E-state index contributed by atoms with van der Waals surface area (Å²) in [5, 5.41) is 12.3. The zero-order valence-corrected chi connectivity index (χ0v) is 12.4. The average molecular weight is 301 g/mol. The Balaban J connectivity index is 2.37. The normalized spacial score (nSPS) is 10.8. The summed E-state index contributed by atoms with van der Waals surface area (Å²) in [4.78, 5) is 13.8. The van der Waals surface area contributed by atoms with E-state index in [1.165, 1.54) is 0 Å². The van der Waals surface area contributed by atoms with Crippen molar-refractivity contribution in [1.82, 2.24) is 4.90 Å². The van der Waals surface area contributed by atoms with Gasteiger partial charge in [0.25, 0.3) is 0 Å². The van der Waals surface area contributed by atoms with E-state index in [9.17, 15) is 4.79 Å². The van der Waals surface area contributed by atoms with Crippen LogP contribution < -0.4 is 5.32 Å². The maximum absolute atomic E-state index is 11.8. The molecule has 1 aromatic carbocycles. The van der Waals surface area contributed by atoms with Crippen molar-refractivity contribution in [2.75, 3.05) is 45.3 Å². The molecule has 5 nitrogen and oxygen atoms in total. The van der Waals surface area contributed by atoms with Crippen LogP contribution in [-0.2, 0) is 9.53 Å². The zero-order chi connectivity index (χ0) is 14.8. The van der Waals surface area contributed by atoms with Crippen LogP contribution in [0.25, 0.3) is 0 Å². The number of amides is 1. The van der Waals surface area contributed by atoms with Crippen molar-refractivity contribution < 1.29 is 14.6 Å². The lowest BCUT2D eigenvalue weighted by molar-refractivity contribution is -0.116. The second-order valence-corrected chi connectivity index (χ2v) is 4.80. The Hall–Kier alpha value is -1.14. The molecular formula is C14H21ClN2O3. The number of carbonyl (C=O) groups is 1. The van der Waals surface area contributed by atoms with Gasteiger partial charge in [-0.25, -0.2) is 0 Å². The first-order valence-electron chi connectivity index (χ1n) is 6.53. The molecule has 0 saturated heterocycles. The number of anilines is 1. The van der Waals surface area contributed by atoms with Gasteiger partial charge in [0, 0.05) is 43.9 Å². The lowest BCUT2D eigenvalue weighted by atomic mass is 10.3. The van der Waals surface area contributed by atoms with Gasteiger partial charge >= 0.3 is 0 Å². The number of carbonyl (C=O) groups excluding carboxylic acids is 1. The molecule has 1 amide bonds. The number of hydrogen-bond donors (Lipinski definition) is 2. The Morgan fingerprint density at radius 2 is 2.20 bits per heavy atom. The van der Waals surface area contributed by atoms with Crippen molar-refractivity contribution >= 4 is 23.2 Å². The minimum Gasteiger partial charge on any atom is -0.395 e. The first kappa shape index (κ1) is 16.9. The fourth-order valence-corrected chi connectivity index (χ4v) is 1.94. The zero-order valence-electron chi connectivity index (χ0n) is 11.6. The Kier molecular flexibility index (Phi) is 8.22. The highest BCUT2D eigenvalue weighted by Crippen LogP contribution is 2.14. The maximum Gasteiger partial charge on any atom is 0.225 e. The smallest absolute Gasteiger partial charge is 0.225 e. The lowest BCUT2D eigenvalue weighted by Gasteiger charge is -2.20. The summed E-state index contributed by atoms with van der Waals surface area (Å²) in [5.41, 5.74) is 0.688. The predicted octanol–water partition coefficient (Wildman–Crippen LogP) is 1.61. The van der Waals surface area contributed by atoms with E-state index in [1.807, 2.05) is 4.90 Å². The summed E-state index contributed by atoms with van der Waals surface area (Å²) in [6.45, 7) is 2.46. The molecular weight excluding hydrogens is 280 g/mol. The second kappa shape index (κ2) is 9.72. The molecule has 0 spiro atoms. The summed E-state index contributed by atoms with van der Waals surface area (Å²) >= 11 is 5.85. The highest BCUT2D eigenvalue weighted by Gasteiger charge is 2.08. The van der Waals surface area contributed by atoms with Crippen molar-refractivity contribution in [3.63, 3.8) is 0 Å². The molecule has 0 aromatic heterocycles. The van der Waals surface area contributed by atoms with E-state index in [4.69, 9.17) is 21.4 Å². The van der Waals surface area contributed by atoms with Crippen molar-refractivity contribution in [2.45, 2.75) is 6.42 Å². The highest BCUT2D eigenvalue weighted by atomic mass is 35.5. The molecule has 2 N–H and O–H groups in total. The Labute approximate surface area is 124 Å². The second-order valence-electron chi connectivity index (χ2n) is 4.37. The van der Waals surface area contributed by atoms with Crippen LogP contribution >= 0.6 is 11.6 Å². The molecule has 0 fully saturated rings. The molecule has 0 aliphatic carbocycles. The summed E-state index contributed by atoms with van der Waals surface area (Å²) in [5.74, 6) is -0.0763. The van der Waals surface area contributed by atoms with Crippen LogP contribution in [0.5, 0.6) is 0 Å². The molecule has 0 saturated carbocycles. The third-order valence-electron chi connectivity index (χ3n) is 2.79. The van der Waals surface area contributed by atoms with Crippen LogP contribution in [0.1, 0.15) is 6.42 Å². The molecule has 0 bridgehead atoms. The molecule has 1 aromatic rings. The number of halogens is 1. The van der Waals surface area contributed by atoms with Crippen LogP contribution in [0.2, 0.25) is 5.02 Å². The number of aliphatic hydroxyl groups is 1. The largest absolute Gasteiger partial charge is 0.395 e. The minimum atomic E-state index is -0.0763. The average Bonchev–Trinajstić information content (AvgIpc) is 2.42. The van der Waals surface area contributed by atoms with E-state index in [0.29, 0.717) is 43.4 Å². The van der Waals surface area contributed by atoms with Gasteiger partial charge < -0.3 is 15.2 Å². The summed E-state index contributed by atoms with van der Waals surface area (Å²) in [7, 11) is 1.63. The van der Waals surface area contributed by atoms with Gasteiger partial charge in [0.15, 0.2) is 0 Å². The molecule has 0 heterocycles. The summed E-state index contributed by atoms with van der Waals surface area (Å²) < 4.78 is 5.00. The maximum atomic E-state index is 11.8. The number of aliphatic hydroxyl groups excluding tert-OH is 1. The Morgan fingerprint density at radius 1 is 1.40 bits per heavy atom. The van der Waals surface area contributed by atoms with Crippen LogP contribution in [-0.4, -0.2) is 55.9 Å². The van der Waals surface area contributed by atoms with Gasteiger partial charge in [-0.1, -0.05) is 17.7 Å². The van der Waals surface area contributed by atoms with Crippen LogP contribution in [0.15, 0.2) is 24.3 Å². The highest BCUT2D eigenvalue weighted by molar-refractivity contribution is 6.30. The fraction of sp³-hybridized carbons (Fsp3) is 0.500. The minimum absolute atomic E-state index is 0.0691. The van der Waals surface area contributed by atoms with Gasteiger partial charge in [-0.3, -0.25) is 9.69 Å². The molecule has 0 aliphatic heterocycles. The third-order valence-corrected chi connectivity index (χ3v) is 3.03. The summed E-state index contributed by atoms with van der Waals surface area (Å²) in [6, 6.07) is 7.04. The first-order chi connectivity index (χ1) is 9.65. The predicted molar refractivity (Wildman–Crippen MR) is 80.1 cm³/mol. The molecule has 0 radical (unpaired) electrons. The monoisotopic (exact) mass is 300 g/mol. The summed E-state index contributed by atoms with van der Waals surface area (Å²) in [6.07, 6.45) is 0.357. The SMILES string of the molecule is COCCN(CCO)CCC(=O)Nc1cccc(Cl)c1. The van der Waals surface area contributed by atoms with Gasteiger partial charge in [-0.15, -0.1) is 0 Å². The van der Waals surface area contributed by atoms with E-state index >= 15 is 0 Å². The van der Waals surface area contributed by atoms with Gasteiger partial charge in [-0.05, 0) is 18.2 Å². The molecule has 20 heavy (non-hydrogen) atoms. The van der Waals surface area contributed by atoms with E-state index < -0.39 is 0 Å². The quantitative estimate of drug-likeness (QED) is 0.727. The number of nitrogens with one attached hydrogen (secondary N) is 1. The van der Waals surface area contributed by atoms with Crippen LogP contribution in [0, 0.1) is 0 Å². The van der Waals surface area contributed by atoms with E-state index in [-0.39, 0.29) is 12.5 Å². The number of hydrogen-bond acceptors (Lipinski definition) is 4. The van der Waals surface area contributed by atoms with Gasteiger partial charge in [-0.2, -0.15) is 0 Å². The van der Waals surface area contributed by atoms with Crippen molar-refractivity contribution in [3.05, 3.63) is 29.3 Å². The van der Waals surface area contributed by atoms with E-state index in [0.717, 1.165) is 0 Å². The lowest BCUT2D eigenvalue weighted by Crippen LogP contribution is -2.33. The van der Waals surface area contributed by atoms with Crippen molar-refractivity contribution in [1.29, 1.82) is 0 Å². The standard InChI is InChI=1S/C14H21ClN2O3/c1-20-10-8-17(7-9-18)6-5-14(19)16-13-4-2-3-12(15)11-13/h2-4,11,18H,5-10H2,1H3,(H,16,19). The number of benzene rings is 1. The van der Waals surface area contributed by atoms with Crippen molar-refractivity contribution in [2.24, 2.45) is 0 Å². The van der Waals surface area contributed by atoms with Crippen molar-refractivity contribution in [3.8, 4) is 0 Å². The molecule has 0 atom stereocenters. The molecule has 1 rings (SSSR count). The van der Waals surface area contributed by atoms with E-state index in [2.05, 4.69) is 5.32 Å². The van der Waals surface area contributed by atoms with Crippen LogP contribution in [0.3, 0.4) is 0 Å². The van der Waals surface area contributed by atoms with Gasteiger partial charge in [0.05, 0.1) is 13.2 Å². The fourth-order valence-electron chi connectivity index (χ4n) is 1.75. The molecule has 6 heteroatoms. The number of methoxy groups -OCH3 is 1. The number of nitrogens with zero attached hydrogens (tertiary/aromatic N) is 1. The topological polar surface area (TPSA) is 61.8 Å². The Bertz CT molecular complexity index is 415. The third kappa shape index (κ3) is 6.86. The van der Waals surface area contributed by atoms with Gasteiger partial charge in [0.1, 0.15) is 0 Å².